The number of alkyl halides is 3. The lowest BCUT2D eigenvalue weighted by Crippen LogP contribution is -2.36. The second-order valence-electron chi connectivity index (χ2n) is 4.22. The predicted octanol–water partition coefficient (Wildman–Crippen LogP) is 3.72. The van der Waals surface area contributed by atoms with Crippen molar-refractivity contribution in [2.24, 2.45) is 0 Å². The van der Waals surface area contributed by atoms with Crippen molar-refractivity contribution in [3.63, 3.8) is 0 Å². The van der Waals surface area contributed by atoms with E-state index in [1.807, 2.05) is 0 Å². The molecule has 0 aromatic carbocycles. The van der Waals surface area contributed by atoms with Crippen molar-refractivity contribution < 1.29 is 18.0 Å². The van der Waals surface area contributed by atoms with Crippen LogP contribution < -0.4 is 0 Å². The van der Waals surface area contributed by atoms with E-state index in [9.17, 15) is 18.0 Å². The first-order valence-corrected chi connectivity index (χ1v) is 6.41. The van der Waals surface area contributed by atoms with E-state index >= 15 is 0 Å². The molecule has 1 amide bonds. The molecule has 1 aromatic heterocycles. The van der Waals surface area contributed by atoms with Crippen LogP contribution in [0.4, 0.5) is 13.2 Å². The quantitative estimate of drug-likeness (QED) is 0.582. The summed E-state index contributed by atoms with van der Waals surface area (Å²) in [6.45, 7) is -0.0850. The van der Waals surface area contributed by atoms with Crippen molar-refractivity contribution in [1.29, 1.82) is 0 Å². The Morgan fingerprint density at radius 2 is 2.05 bits per heavy atom. The number of hydrogen-bond donors (Lipinski definition) is 0. The van der Waals surface area contributed by atoms with Crippen molar-refractivity contribution >= 4 is 29.1 Å². The van der Waals surface area contributed by atoms with Gasteiger partial charge in [0.25, 0.3) is 5.91 Å². The molecule has 0 fully saturated rings. The zero-order valence-electron chi connectivity index (χ0n) is 10.0. The van der Waals surface area contributed by atoms with Crippen LogP contribution in [0.3, 0.4) is 0 Å². The molecule has 0 N–H and O–H groups in total. The van der Waals surface area contributed by atoms with Gasteiger partial charge in [0, 0.05) is 24.9 Å². The maximum atomic E-state index is 12.5. The highest BCUT2D eigenvalue weighted by molar-refractivity contribution is 6.41. The number of carbonyl (C=O) groups is 1. The number of nitrogens with zero attached hydrogens (tertiary/aromatic N) is 2. The van der Waals surface area contributed by atoms with Gasteiger partial charge in [-0.2, -0.15) is 13.2 Å². The molecule has 0 atom stereocenters. The minimum Gasteiger partial charge on any atom is -0.335 e. The van der Waals surface area contributed by atoms with Gasteiger partial charge >= 0.3 is 6.18 Å². The van der Waals surface area contributed by atoms with E-state index in [1.165, 1.54) is 17.2 Å². The number of pyridine rings is 1. The summed E-state index contributed by atoms with van der Waals surface area (Å²) < 4.78 is 37.4. The maximum Gasteiger partial charge on any atom is 0.412 e. The van der Waals surface area contributed by atoms with Crippen molar-refractivity contribution in [2.45, 2.75) is 12.6 Å². The molecule has 2 heterocycles. The number of carbonyl (C=O) groups excluding carboxylic acids is 1. The van der Waals surface area contributed by atoms with Crippen LogP contribution in [-0.2, 0) is 0 Å². The third kappa shape index (κ3) is 3.24. The van der Waals surface area contributed by atoms with Crippen LogP contribution in [0.1, 0.15) is 16.8 Å². The monoisotopic (exact) mass is 324 g/mol. The molecular formula is C12H9Cl2F3N2O. The summed E-state index contributed by atoms with van der Waals surface area (Å²) >= 11 is 11.4. The molecule has 108 valence electrons. The molecule has 0 saturated carbocycles. The minimum absolute atomic E-state index is 0.00439. The number of rotatable bonds is 1. The van der Waals surface area contributed by atoms with E-state index in [-0.39, 0.29) is 35.2 Å². The van der Waals surface area contributed by atoms with Crippen LogP contribution in [0.25, 0.3) is 0 Å². The third-order valence-electron chi connectivity index (χ3n) is 2.90. The fourth-order valence-corrected chi connectivity index (χ4v) is 2.10. The fourth-order valence-electron chi connectivity index (χ4n) is 1.83. The molecule has 8 heteroatoms. The van der Waals surface area contributed by atoms with E-state index in [4.69, 9.17) is 23.2 Å². The molecule has 0 unspecified atom stereocenters. The Labute approximate surface area is 123 Å². The molecule has 2 rings (SSSR count). The molecule has 0 saturated heterocycles. The Morgan fingerprint density at radius 3 is 2.55 bits per heavy atom. The normalized spacial score (nSPS) is 16.1. The maximum absolute atomic E-state index is 12.5. The zero-order valence-corrected chi connectivity index (χ0v) is 11.6. The number of halogens is 5. The average molecular weight is 325 g/mol. The summed E-state index contributed by atoms with van der Waals surface area (Å²) in [5.41, 5.74) is -0.405. The second kappa shape index (κ2) is 5.61. The van der Waals surface area contributed by atoms with E-state index in [1.54, 1.807) is 0 Å². The van der Waals surface area contributed by atoms with Crippen LogP contribution >= 0.6 is 23.2 Å². The van der Waals surface area contributed by atoms with Gasteiger partial charge in [0.15, 0.2) is 0 Å². The molecule has 0 bridgehead atoms. The molecular weight excluding hydrogens is 316 g/mol. The van der Waals surface area contributed by atoms with Crippen LogP contribution in [0, 0.1) is 0 Å². The van der Waals surface area contributed by atoms with E-state index in [0.29, 0.717) is 0 Å². The molecule has 1 aliphatic rings. The number of amides is 1. The summed E-state index contributed by atoms with van der Waals surface area (Å²) in [7, 11) is 0. The van der Waals surface area contributed by atoms with Crippen LogP contribution in [-0.4, -0.2) is 35.1 Å². The molecule has 0 aliphatic carbocycles. The minimum atomic E-state index is -4.33. The summed E-state index contributed by atoms with van der Waals surface area (Å²) in [4.78, 5) is 17.1. The fraction of sp³-hybridized carbons (Fsp3) is 0.333. The lowest BCUT2D eigenvalue weighted by molar-refractivity contribution is -0.0957. The molecule has 20 heavy (non-hydrogen) atoms. The van der Waals surface area contributed by atoms with Gasteiger partial charge in [-0.05, 0) is 12.5 Å². The highest BCUT2D eigenvalue weighted by Crippen LogP contribution is 2.30. The first kappa shape index (κ1) is 15.1. The molecule has 1 aromatic rings. The largest absolute Gasteiger partial charge is 0.412 e. The van der Waals surface area contributed by atoms with Crippen LogP contribution in [0.5, 0.6) is 0 Å². The number of hydrogen-bond acceptors (Lipinski definition) is 2. The Bertz CT molecular complexity index is 572. The first-order valence-electron chi connectivity index (χ1n) is 5.65. The Balaban J connectivity index is 2.12. The van der Waals surface area contributed by atoms with Gasteiger partial charge in [0.05, 0.1) is 10.6 Å². The predicted molar refractivity (Wildman–Crippen MR) is 68.9 cm³/mol. The molecule has 1 aliphatic heterocycles. The highest BCUT2D eigenvalue weighted by Gasteiger charge is 2.35. The molecule has 0 spiro atoms. The summed E-state index contributed by atoms with van der Waals surface area (Å²) in [5.74, 6) is -0.423. The van der Waals surface area contributed by atoms with E-state index in [2.05, 4.69) is 4.98 Å². The Kier molecular flexibility index (Phi) is 4.25. The van der Waals surface area contributed by atoms with Gasteiger partial charge in [0.2, 0.25) is 0 Å². The van der Waals surface area contributed by atoms with Gasteiger partial charge < -0.3 is 4.90 Å². The lowest BCUT2D eigenvalue weighted by Gasteiger charge is -2.27. The van der Waals surface area contributed by atoms with E-state index in [0.717, 1.165) is 6.08 Å². The first-order chi connectivity index (χ1) is 9.29. The van der Waals surface area contributed by atoms with Gasteiger partial charge in [-0.25, -0.2) is 4.98 Å². The van der Waals surface area contributed by atoms with Crippen molar-refractivity contribution in [3.05, 3.63) is 39.7 Å². The van der Waals surface area contributed by atoms with Crippen molar-refractivity contribution in [3.8, 4) is 0 Å². The zero-order chi connectivity index (χ0) is 14.9. The Hall–Kier alpha value is -1.27. The standard InChI is InChI=1S/C12H9Cl2F3N2O/c13-9-5-7(6-18-10(9)14)11(20)19-3-1-8(2-4-19)12(15,16)17/h1,5-6H,2-4H2. The third-order valence-corrected chi connectivity index (χ3v) is 3.59. The average Bonchev–Trinajstić information content (AvgIpc) is 2.40. The van der Waals surface area contributed by atoms with Gasteiger partial charge in [-0.3, -0.25) is 4.79 Å². The highest BCUT2D eigenvalue weighted by atomic mass is 35.5. The second-order valence-corrected chi connectivity index (χ2v) is 4.99. The van der Waals surface area contributed by atoms with Crippen LogP contribution in [0.15, 0.2) is 23.9 Å². The number of aromatic nitrogens is 1. The van der Waals surface area contributed by atoms with E-state index < -0.39 is 17.7 Å². The molecule has 3 nitrogen and oxygen atoms in total. The van der Waals surface area contributed by atoms with Crippen molar-refractivity contribution in [1.82, 2.24) is 9.88 Å². The lowest BCUT2D eigenvalue weighted by atomic mass is 10.1. The Morgan fingerprint density at radius 1 is 1.35 bits per heavy atom. The van der Waals surface area contributed by atoms with Gasteiger partial charge in [0.1, 0.15) is 5.15 Å². The smallest absolute Gasteiger partial charge is 0.335 e. The summed E-state index contributed by atoms with van der Waals surface area (Å²) in [6, 6.07) is 1.35. The molecule has 0 radical (unpaired) electrons. The summed E-state index contributed by atoms with van der Waals surface area (Å²) in [5, 5.41) is 0.196. The van der Waals surface area contributed by atoms with Crippen molar-refractivity contribution in [2.75, 3.05) is 13.1 Å². The van der Waals surface area contributed by atoms with Gasteiger partial charge in [-0.15, -0.1) is 0 Å². The summed E-state index contributed by atoms with van der Waals surface area (Å²) in [6.07, 6.45) is -2.28. The van der Waals surface area contributed by atoms with Crippen LogP contribution in [0.2, 0.25) is 10.2 Å². The topological polar surface area (TPSA) is 33.2 Å². The van der Waals surface area contributed by atoms with Gasteiger partial charge in [-0.1, -0.05) is 29.3 Å². The SMILES string of the molecule is O=C(c1cnc(Cl)c(Cl)c1)N1CC=C(C(F)(F)F)CC1.